The zero-order valence-corrected chi connectivity index (χ0v) is 17.7. The first-order chi connectivity index (χ1) is 13.1. The van der Waals surface area contributed by atoms with Gasteiger partial charge in [0.25, 0.3) is 0 Å². The fraction of sp³-hybridized carbons (Fsp3) is 0.826. The van der Waals surface area contributed by atoms with Gasteiger partial charge in [-0.1, -0.05) is 33.8 Å². The van der Waals surface area contributed by atoms with Crippen LogP contribution in [0.2, 0.25) is 0 Å². The number of aliphatic hydroxyl groups excluding tert-OH is 2. The van der Waals surface area contributed by atoms with Crippen molar-refractivity contribution >= 4 is 11.8 Å². The minimum absolute atomic E-state index is 0.0387. The van der Waals surface area contributed by atoms with Crippen molar-refractivity contribution in [1.82, 2.24) is 0 Å². The van der Waals surface area contributed by atoms with Crippen molar-refractivity contribution < 1.29 is 24.5 Å². The van der Waals surface area contributed by atoms with Crippen molar-refractivity contribution in [3.8, 4) is 0 Å². The lowest BCUT2D eigenvalue weighted by Crippen LogP contribution is -2.63. The minimum atomic E-state index is -0.684. The topological polar surface area (TPSA) is 83.8 Å². The van der Waals surface area contributed by atoms with Crippen LogP contribution >= 0.6 is 0 Å². The molecule has 8 atom stereocenters. The summed E-state index contributed by atoms with van der Waals surface area (Å²) in [5.74, 6) is -0.503. The lowest BCUT2D eigenvalue weighted by atomic mass is 9.43. The summed E-state index contributed by atoms with van der Waals surface area (Å²) in [7, 11) is 0. The second kappa shape index (κ2) is 7.24. The van der Waals surface area contributed by atoms with Crippen LogP contribution in [-0.2, 0) is 14.3 Å². The summed E-state index contributed by atoms with van der Waals surface area (Å²) < 4.78 is 5.83. The number of carbonyl (C=O) groups is 2. The molecule has 5 heteroatoms. The Morgan fingerprint density at radius 3 is 2.61 bits per heavy atom. The number of esters is 1. The first-order valence-electron chi connectivity index (χ1n) is 10.8. The molecule has 0 heterocycles. The molecular formula is C23H36O5. The molecule has 0 amide bonds. The molecule has 28 heavy (non-hydrogen) atoms. The third-order valence-corrected chi connectivity index (χ3v) is 9.16. The Kier molecular flexibility index (Phi) is 5.56. The Labute approximate surface area is 168 Å². The Balaban J connectivity index is 2.23. The molecule has 0 aromatic carbocycles. The molecule has 158 valence electrons. The van der Waals surface area contributed by atoms with Gasteiger partial charge in [-0.15, -0.1) is 6.58 Å². The Hall–Kier alpha value is -1.20. The Bertz CT molecular complexity index is 659. The standard InChI is InChI=1S/C23H36O5/c1-6-22(7-2)12-17(28-18(26)13-24)21(5)14(3)8-10-23(15(4)20(22)27)11-9-16(25)19(21)23/h6,14-15,17,19-20,24,27H,1,7-13H2,2-5H3/t14-,15-,17-,19?,20+,21+,22+,23+/m1/s1. The molecule has 0 saturated heterocycles. The van der Waals surface area contributed by atoms with E-state index in [1.54, 1.807) is 0 Å². The molecule has 2 bridgehead atoms. The van der Waals surface area contributed by atoms with Gasteiger partial charge < -0.3 is 14.9 Å². The molecule has 0 radical (unpaired) electrons. The monoisotopic (exact) mass is 392 g/mol. The van der Waals surface area contributed by atoms with Gasteiger partial charge in [-0.05, 0) is 49.4 Å². The molecule has 0 aromatic heterocycles. The second-order valence-corrected chi connectivity index (χ2v) is 9.80. The van der Waals surface area contributed by atoms with Gasteiger partial charge in [0.15, 0.2) is 0 Å². The molecule has 0 aromatic rings. The summed E-state index contributed by atoms with van der Waals surface area (Å²) in [4.78, 5) is 25.3. The number of ketones is 1. The summed E-state index contributed by atoms with van der Waals surface area (Å²) in [6.45, 7) is 11.7. The number of ether oxygens (including phenoxy) is 1. The number of hydrogen-bond acceptors (Lipinski definition) is 5. The maximum absolute atomic E-state index is 13.2. The van der Waals surface area contributed by atoms with Gasteiger partial charge in [-0.3, -0.25) is 4.79 Å². The number of Topliss-reactive ketones (excluding diaryl/α,β-unsaturated/α-hetero) is 1. The molecule has 5 nitrogen and oxygen atoms in total. The van der Waals surface area contributed by atoms with E-state index in [2.05, 4.69) is 27.4 Å². The van der Waals surface area contributed by atoms with Gasteiger partial charge in [0.1, 0.15) is 18.5 Å². The molecule has 3 aliphatic carbocycles. The number of hydrogen-bond donors (Lipinski definition) is 2. The highest BCUT2D eigenvalue weighted by Gasteiger charge is 2.68. The summed E-state index contributed by atoms with van der Waals surface area (Å²) in [6, 6.07) is 0. The van der Waals surface area contributed by atoms with E-state index in [9.17, 15) is 19.8 Å². The SMILES string of the molecule is C=C[C@]1(CC)C[C@@H](OC(=O)CO)[C@@]2(C)C3C(=O)CC[C@@]3(CC[C@H]2C)[C@H](C)[C@@H]1O. The van der Waals surface area contributed by atoms with Crippen LogP contribution in [0.3, 0.4) is 0 Å². The predicted molar refractivity (Wildman–Crippen MR) is 106 cm³/mol. The van der Waals surface area contributed by atoms with Crippen molar-refractivity contribution in [3.05, 3.63) is 12.7 Å². The third-order valence-electron chi connectivity index (χ3n) is 9.16. The molecule has 3 rings (SSSR count). The first kappa shape index (κ1) is 21.5. The Morgan fingerprint density at radius 1 is 1.36 bits per heavy atom. The highest BCUT2D eigenvalue weighted by Crippen LogP contribution is 2.68. The normalized spacial score (nSPS) is 48.4. The molecule has 2 N–H and O–H groups in total. The number of aliphatic hydroxyl groups is 2. The van der Waals surface area contributed by atoms with Crippen LogP contribution in [0.4, 0.5) is 0 Å². The van der Waals surface area contributed by atoms with Gasteiger partial charge in [0.2, 0.25) is 0 Å². The molecule has 1 unspecified atom stereocenters. The van der Waals surface area contributed by atoms with E-state index in [0.29, 0.717) is 19.3 Å². The summed E-state index contributed by atoms with van der Waals surface area (Å²) >= 11 is 0. The minimum Gasteiger partial charge on any atom is -0.460 e. The highest BCUT2D eigenvalue weighted by molar-refractivity contribution is 5.85. The molecule has 0 aliphatic heterocycles. The van der Waals surface area contributed by atoms with Crippen LogP contribution in [0.15, 0.2) is 12.7 Å². The molecule has 3 fully saturated rings. The van der Waals surface area contributed by atoms with Crippen LogP contribution in [0.5, 0.6) is 0 Å². The summed E-state index contributed by atoms with van der Waals surface area (Å²) in [6.07, 6.45) is 4.89. The Morgan fingerprint density at radius 2 is 2.04 bits per heavy atom. The lowest BCUT2D eigenvalue weighted by Gasteiger charge is -2.62. The van der Waals surface area contributed by atoms with Crippen molar-refractivity contribution in [3.63, 3.8) is 0 Å². The van der Waals surface area contributed by atoms with Crippen LogP contribution in [0, 0.1) is 34.0 Å². The van der Waals surface area contributed by atoms with Crippen LogP contribution in [0.1, 0.15) is 66.2 Å². The van der Waals surface area contributed by atoms with Gasteiger partial charge in [-0.25, -0.2) is 4.79 Å². The van der Waals surface area contributed by atoms with Crippen molar-refractivity contribution in [2.75, 3.05) is 6.61 Å². The molecule has 3 saturated carbocycles. The smallest absolute Gasteiger partial charge is 0.332 e. The third kappa shape index (κ3) is 2.72. The van der Waals surface area contributed by atoms with E-state index >= 15 is 0 Å². The molecule has 0 spiro atoms. The summed E-state index contributed by atoms with van der Waals surface area (Å²) in [5, 5.41) is 20.9. The van der Waals surface area contributed by atoms with Crippen LogP contribution in [-0.4, -0.2) is 40.8 Å². The van der Waals surface area contributed by atoms with Gasteiger partial charge in [0.05, 0.1) is 6.10 Å². The number of carbonyl (C=O) groups excluding carboxylic acids is 2. The average molecular weight is 393 g/mol. The first-order valence-corrected chi connectivity index (χ1v) is 10.8. The van der Waals surface area contributed by atoms with E-state index in [4.69, 9.17) is 4.74 Å². The fourth-order valence-electron chi connectivity index (χ4n) is 7.07. The van der Waals surface area contributed by atoms with Gasteiger partial charge in [-0.2, -0.15) is 0 Å². The molecule has 3 aliphatic rings. The second-order valence-electron chi connectivity index (χ2n) is 9.80. The van der Waals surface area contributed by atoms with Gasteiger partial charge >= 0.3 is 5.97 Å². The maximum atomic E-state index is 13.2. The maximum Gasteiger partial charge on any atom is 0.332 e. The van der Waals surface area contributed by atoms with E-state index in [1.165, 1.54) is 0 Å². The van der Waals surface area contributed by atoms with Crippen LogP contribution < -0.4 is 0 Å². The summed E-state index contributed by atoms with van der Waals surface area (Å²) in [5.41, 5.74) is -1.39. The zero-order valence-electron chi connectivity index (χ0n) is 17.7. The zero-order chi connectivity index (χ0) is 20.9. The predicted octanol–water partition coefficient (Wildman–Crippen LogP) is 3.28. The van der Waals surface area contributed by atoms with Crippen molar-refractivity contribution in [2.45, 2.75) is 78.4 Å². The van der Waals surface area contributed by atoms with E-state index < -0.39 is 35.6 Å². The van der Waals surface area contributed by atoms with Crippen molar-refractivity contribution in [1.29, 1.82) is 0 Å². The van der Waals surface area contributed by atoms with Crippen molar-refractivity contribution in [2.24, 2.45) is 34.0 Å². The van der Waals surface area contributed by atoms with E-state index in [0.717, 1.165) is 19.3 Å². The van der Waals surface area contributed by atoms with E-state index in [1.807, 2.05) is 13.0 Å². The number of rotatable bonds is 4. The largest absolute Gasteiger partial charge is 0.460 e. The quantitative estimate of drug-likeness (QED) is 0.567. The van der Waals surface area contributed by atoms with Gasteiger partial charge in [0, 0.05) is 23.2 Å². The lowest BCUT2D eigenvalue weighted by molar-refractivity contribution is -0.209. The van der Waals surface area contributed by atoms with E-state index in [-0.39, 0.29) is 29.0 Å². The molecular weight excluding hydrogens is 356 g/mol. The van der Waals surface area contributed by atoms with Crippen LogP contribution in [0.25, 0.3) is 0 Å². The average Bonchev–Trinajstić information content (AvgIpc) is 3.04. The fourth-order valence-corrected chi connectivity index (χ4v) is 7.07. The highest BCUT2D eigenvalue weighted by atomic mass is 16.6.